The van der Waals surface area contributed by atoms with Crippen LogP contribution in [-0.4, -0.2) is 19.9 Å². The highest BCUT2D eigenvalue weighted by Crippen LogP contribution is 2.54. The molecule has 0 bridgehead atoms. The van der Waals surface area contributed by atoms with Gasteiger partial charge in [0.2, 0.25) is 0 Å². The van der Waals surface area contributed by atoms with E-state index in [1.165, 1.54) is 39.3 Å². The van der Waals surface area contributed by atoms with Gasteiger partial charge in [-0.15, -0.1) is 0 Å². The van der Waals surface area contributed by atoms with Gasteiger partial charge in [0.05, 0.1) is 28.8 Å². The number of nitrogens with one attached hydrogen (secondary N) is 1. The lowest BCUT2D eigenvalue weighted by Crippen LogP contribution is -2.17. The predicted molar refractivity (Wildman–Crippen MR) is 123 cm³/mol. The van der Waals surface area contributed by atoms with E-state index in [-0.39, 0.29) is 38.4 Å². The first-order valence-corrected chi connectivity index (χ1v) is 11.2. The molecular weight excluding hydrogens is 492 g/mol. The fourth-order valence-corrected chi connectivity index (χ4v) is 5.65. The van der Waals surface area contributed by atoms with E-state index in [2.05, 4.69) is 5.32 Å². The van der Waals surface area contributed by atoms with Crippen molar-refractivity contribution in [1.29, 1.82) is 0 Å². The van der Waals surface area contributed by atoms with Crippen molar-refractivity contribution in [2.75, 3.05) is 14.2 Å². The average Bonchev–Trinajstić information content (AvgIpc) is 3.12. The topological polar surface area (TPSA) is 38.3 Å². The number of aryl methyl sites for hydroxylation is 1. The van der Waals surface area contributed by atoms with Crippen LogP contribution in [0.1, 0.15) is 33.1 Å². The van der Waals surface area contributed by atoms with E-state index in [1.807, 2.05) is 0 Å². The van der Waals surface area contributed by atoms with Crippen molar-refractivity contribution in [2.24, 2.45) is 0 Å². The highest BCUT2D eigenvalue weighted by molar-refractivity contribution is 8.04. The van der Waals surface area contributed by atoms with Crippen LogP contribution in [0, 0.1) is 6.92 Å². The Labute approximate surface area is 201 Å². The van der Waals surface area contributed by atoms with E-state index < -0.39 is 34.5 Å². The minimum absolute atomic E-state index is 0.0262. The number of allylic oxidation sites excluding steroid dienone is 1. The van der Waals surface area contributed by atoms with Crippen LogP contribution in [0.25, 0.3) is 16.3 Å². The van der Waals surface area contributed by atoms with E-state index in [0.29, 0.717) is 5.39 Å². The minimum atomic E-state index is -4.78. The molecule has 0 saturated carbocycles. The van der Waals surface area contributed by atoms with Crippen LogP contribution in [0.3, 0.4) is 0 Å². The molecule has 0 amide bonds. The fourth-order valence-electron chi connectivity index (χ4n) is 4.38. The molecule has 0 radical (unpaired) electrons. The van der Waals surface area contributed by atoms with Crippen molar-refractivity contribution in [3.8, 4) is 5.75 Å². The molecule has 3 aromatic carbocycles. The van der Waals surface area contributed by atoms with Crippen molar-refractivity contribution >= 4 is 33.9 Å². The number of Topliss-reactive ketones (excluding diaryl/α,β-unsaturated/α-hetero) is 1. The Morgan fingerprint density at radius 2 is 1.66 bits per heavy atom. The van der Waals surface area contributed by atoms with Gasteiger partial charge in [0.1, 0.15) is 11.0 Å². The summed E-state index contributed by atoms with van der Waals surface area (Å²) in [5, 5.41) is 2.21. The monoisotopic (exact) mass is 511 g/mol. The van der Waals surface area contributed by atoms with E-state index in [0.717, 1.165) is 30.0 Å². The smallest absolute Gasteiger partial charge is 0.417 e. The summed E-state index contributed by atoms with van der Waals surface area (Å²) in [6.45, 7) is 1.31. The molecule has 10 heteroatoms. The highest BCUT2D eigenvalue weighted by Gasteiger charge is 2.45. The number of carbonyl (C=O) groups is 1. The number of halogens is 6. The van der Waals surface area contributed by atoms with Crippen molar-refractivity contribution in [3.63, 3.8) is 0 Å². The van der Waals surface area contributed by atoms with Gasteiger partial charge in [0, 0.05) is 12.4 Å². The van der Waals surface area contributed by atoms with E-state index in [9.17, 15) is 31.1 Å². The molecule has 0 fully saturated rings. The second-order valence-electron chi connectivity index (χ2n) is 7.93. The van der Waals surface area contributed by atoms with Gasteiger partial charge >= 0.3 is 12.4 Å². The molecule has 1 unspecified atom stereocenters. The maximum absolute atomic E-state index is 14.3. The molecular formula is C25H19F6NO2S. The molecule has 0 spiro atoms. The summed E-state index contributed by atoms with van der Waals surface area (Å²) in [6.07, 6.45) is -9.43. The number of ketones is 1. The number of methoxy groups -OCH3 is 1. The molecule has 1 N–H and O–H groups in total. The van der Waals surface area contributed by atoms with E-state index in [1.54, 1.807) is 12.1 Å². The standard InChI is InChI=1S/C25H19F6NO2S/c1-12-10-13-7-5-9-16(34-3)17(13)19(20(12)25(29,30)31)22-21(33)18(23(32-2)35-22)14-6-4-8-15(11-14)24(26,27)28/h4-11,22,32H,1-3H3. The Hall–Kier alpha value is -3.14. The number of thioether (sulfide) groups is 1. The maximum atomic E-state index is 14.3. The van der Waals surface area contributed by atoms with Crippen LogP contribution in [0.5, 0.6) is 5.75 Å². The summed E-state index contributed by atoms with van der Waals surface area (Å²) in [5.41, 5.74) is -2.37. The first-order valence-electron chi connectivity index (χ1n) is 10.4. The number of ether oxygens (including phenoxy) is 1. The number of hydrogen-bond donors (Lipinski definition) is 1. The summed E-state index contributed by atoms with van der Waals surface area (Å²) in [4.78, 5) is 13.7. The predicted octanol–water partition coefficient (Wildman–Crippen LogP) is 7.14. The Morgan fingerprint density at radius 3 is 2.26 bits per heavy atom. The minimum Gasteiger partial charge on any atom is -0.496 e. The summed E-state index contributed by atoms with van der Waals surface area (Å²) >= 11 is 0.843. The molecule has 1 atom stereocenters. The van der Waals surface area contributed by atoms with Gasteiger partial charge in [0.25, 0.3) is 0 Å². The third-order valence-electron chi connectivity index (χ3n) is 5.78. The van der Waals surface area contributed by atoms with Crippen LogP contribution in [0.15, 0.2) is 53.6 Å². The second-order valence-corrected chi connectivity index (χ2v) is 9.05. The van der Waals surface area contributed by atoms with Gasteiger partial charge in [-0.3, -0.25) is 4.79 Å². The zero-order valence-electron chi connectivity index (χ0n) is 18.7. The number of benzene rings is 3. The van der Waals surface area contributed by atoms with Crippen molar-refractivity contribution in [2.45, 2.75) is 24.5 Å². The normalized spacial score (nSPS) is 16.8. The summed E-state index contributed by atoms with van der Waals surface area (Å²) in [7, 11) is 2.78. The van der Waals surface area contributed by atoms with Gasteiger partial charge in [-0.25, -0.2) is 0 Å². The largest absolute Gasteiger partial charge is 0.496 e. The highest BCUT2D eigenvalue weighted by atomic mass is 32.2. The maximum Gasteiger partial charge on any atom is 0.417 e. The molecule has 3 aromatic rings. The molecule has 35 heavy (non-hydrogen) atoms. The summed E-state index contributed by atoms with van der Waals surface area (Å²) in [6, 6.07) is 10.3. The third-order valence-corrected chi connectivity index (χ3v) is 7.11. The van der Waals surface area contributed by atoms with Gasteiger partial charge in [-0.1, -0.05) is 42.1 Å². The number of rotatable bonds is 4. The SMILES string of the molecule is CNC1=C(c2cccc(C(F)(F)F)c2)C(=O)C(c2c(C(F)(F)F)c(C)cc3cccc(OC)c23)S1. The lowest BCUT2D eigenvalue weighted by Gasteiger charge is -2.23. The molecule has 1 aliphatic rings. The first-order chi connectivity index (χ1) is 16.4. The Morgan fingerprint density at radius 1 is 0.971 bits per heavy atom. The van der Waals surface area contributed by atoms with Gasteiger partial charge in [-0.2, -0.15) is 26.3 Å². The molecule has 3 nitrogen and oxygen atoms in total. The first kappa shape index (κ1) is 25.0. The summed E-state index contributed by atoms with van der Waals surface area (Å²) < 4.78 is 88.2. The Balaban J connectivity index is 1.97. The van der Waals surface area contributed by atoms with Crippen LogP contribution in [-0.2, 0) is 17.1 Å². The van der Waals surface area contributed by atoms with Crippen LogP contribution >= 0.6 is 11.8 Å². The second kappa shape index (κ2) is 8.82. The van der Waals surface area contributed by atoms with Crippen LogP contribution < -0.4 is 10.1 Å². The van der Waals surface area contributed by atoms with Gasteiger partial charge in [0.15, 0.2) is 5.78 Å². The lowest BCUT2D eigenvalue weighted by atomic mass is 9.88. The van der Waals surface area contributed by atoms with Crippen LogP contribution in [0.2, 0.25) is 0 Å². The van der Waals surface area contributed by atoms with E-state index >= 15 is 0 Å². The number of hydrogen-bond acceptors (Lipinski definition) is 4. The molecule has 0 aromatic heterocycles. The fraction of sp³-hybridized carbons (Fsp3) is 0.240. The van der Waals surface area contributed by atoms with Crippen molar-refractivity contribution in [1.82, 2.24) is 5.32 Å². The van der Waals surface area contributed by atoms with Crippen molar-refractivity contribution in [3.05, 3.63) is 81.4 Å². The zero-order valence-corrected chi connectivity index (χ0v) is 19.5. The van der Waals surface area contributed by atoms with Crippen molar-refractivity contribution < 1.29 is 35.9 Å². The lowest BCUT2D eigenvalue weighted by molar-refractivity contribution is -0.139. The molecule has 1 heterocycles. The third kappa shape index (κ3) is 4.35. The Kier molecular flexibility index (Phi) is 6.29. The molecule has 1 aliphatic heterocycles. The summed E-state index contributed by atoms with van der Waals surface area (Å²) in [5.74, 6) is -0.558. The van der Waals surface area contributed by atoms with Gasteiger partial charge in [-0.05, 0) is 47.2 Å². The Bertz CT molecular complexity index is 1360. The molecule has 0 aliphatic carbocycles. The average molecular weight is 511 g/mol. The zero-order chi connectivity index (χ0) is 25.7. The molecule has 4 rings (SSSR count). The molecule has 184 valence electrons. The number of fused-ring (bicyclic) bond motifs is 1. The van der Waals surface area contributed by atoms with Gasteiger partial charge < -0.3 is 10.1 Å². The molecule has 0 saturated heterocycles. The van der Waals surface area contributed by atoms with E-state index in [4.69, 9.17) is 4.74 Å². The number of carbonyl (C=O) groups excluding carboxylic acids is 1. The quantitative estimate of drug-likeness (QED) is 0.378. The van der Waals surface area contributed by atoms with Crippen LogP contribution in [0.4, 0.5) is 26.3 Å². The number of alkyl halides is 6.